The maximum absolute atomic E-state index is 11.7. The van der Waals surface area contributed by atoms with Gasteiger partial charge in [-0.25, -0.2) is 4.98 Å². The van der Waals surface area contributed by atoms with Crippen LogP contribution in [0.3, 0.4) is 0 Å². The highest BCUT2D eigenvalue weighted by atomic mass is 79.9. The zero-order chi connectivity index (χ0) is 16.6. The van der Waals surface area contributed by atoms with Gasteiger partial charge < -0.3 is 9.72 Å². The van der Waals surface area contributed by atoms with Crippen LogP contribution in [0.4, 0.5) is 5.69 Å². The van der Waals surface area contributed by atoms with Crippen LogP contribution in [0.15, 0.2) is 51.7 Å². The summed E-state index contributed by atoms with van der Waals surface area (Å²) in [7, 11) is 0. The molecule has 2 heterocycles. The number of benzene rings is 1. The van der Waals surface area contributed by atoms with E-state index in [1.165, 1.54) is 0 Å². The second-order valence-corrected chi connectivity index (χ2v) is 7.35. The van der Waals surface area contributed by atoms with E-state index in [1.807, 2.05) is 61.0 Å². The number of hydrogen-bond acceptors (Lipinski definition) is 2. The van der Waals surface area contributed by atoms with Gasteiger partial charge in [-0.05, 0) is 50.1 Å². The number of hydrogen-bond donors (Lipinski definition) is 1. The third-order valence-corrected chi connectivity index (χ3v) is 4.46. The van der Waals surface area contributed by atoms with E-state index in [0.29, 0.717) is 0 Å². The van der Waals surface area contributed by atoms with Crippen molar-refractivity contribution in [3.05, 3.63) is 51.7 Å². The molecule has 3 aromatic rings. The molecule has 0 atom stereocenters. The average molecular weight is 437 g/mol. The molecule has 1 N–H and O–H groups in total. The molecule has 1 aromatic carbocycles. The van der Waals surface area contributed by atoms with Crippen molar-refractivity contribution in [1.82, 2.24) is 9.38 Å². The molecule has 23 heavy (non-hydrogen) atoms. The highest BCUT2D eigenvalue weighted by Gasteiger charge is 2.10. The summed E-state index contributed by atoms with van der Waals surface area (Å²) in [4.78, 5) is 16.4. The number of fused-ring (bicyclic) bond motifs is 1. The molecule has 1 amide bonds. The number of imidazole rings is 1. The van der Waals surface area contributed by atoms with Crippen LogP contribution < -0.4 is 5.32 Å². The third-order valence-electron chi connectivity index (χ3n) is 3.45. The Morgan fingerprint density at radius 1 is 1.17 bits per heavy atom. The smallest absolute Gasteiger partial charge is 0.226 e. The van der Waals surface area contributed by atoms with Gasteiger partial charge in [0.15, 0.2) is 5.65 Å². The molecule has 0 fully saturated rings. The van der Waals surface area contributed by atoms with Crippen molar-refractivity contribution in [3.63, 3.8) is 0 Å². The quantitative estimate of drug-likeness (QED) is 0.619. The van der Waals surface area contributed by atoms with Crippen molar-refractivity contribution in [2.45, 2.75) is 13.8 Å². The summed E-state index contributed by atoms with van der Waals surface area (Å²) in [5, 5.41) is 2.88. The van der Waals surface area contributed by atoms with Crippen molar-refractivity contribution in [3.8, 4) is 11.3 Å². The molecule has 0 unspecified atom stereocenters. The largest absolute Gasteiger partial charge is 0.326 e. The van der Waals surface area contributed by atoms with Crippen molar-refractivity contribution in [2.24, 2.45) is 5.92 Å². The lowest BCUT2D eigenvalue weighted by atomic mass is 10.1. The van der Waals surface area contributed by atoms with Crippen molar-refractivity contribution < 1.29 is 4.79 Å². The van der Waals surface area contributed by atoms with E-state index in [1.54, 1.807) is 0 Å². The van der Waals surface area contributed by atoms with E-state index < -0.39 is 0 Å². The van der Waals surface area contributed by atoms with Crippen LogP contribution in [0, 0.1) is 5.92 Å². The Bertz CT molecular complexity index is 869. The van der Waals surface area contributed by atoms with Crippen LogP contribution in [-0.4, -0.2) is 15.3 Å². The molecule has 4 nitrogen and oxygen atoms in total. The van der Waals surface area contributed by atoms with E-state index in [-0.39, 0.29) is 11.8 Å². The molecule has 0 radical (unpaired) electrons. The molecule has 0 bridgehead atoms. The highest BCUT2D eigenvalue weighted by Crippen LogP contribution is 2.27. The molecule has 0 saturated heterocycles. The second kappa shape index (κ2) is 6.45. The van der Waals surface area contributed by atoms with Gasteiger partial charge in [-0.2, -0.15) is 0 Å². The molecule has 0 spiro atoms. The molecular formula is C17H15Br2N3O. The Morgan fingerprint density at radius 3 is 2.52 bits per heavy atom. The van der Waals surface area contributed by atoms with Gasteiger partial charge in [0.2, 0.25) is 5.91 Å². The molecule has 6 heteroatoms. The number of nitrogens with one attached hydrogen (secondary N) is 1. The molecule has 0 aliphatic rings. The number of carbonyl (C=O) groups is 1. The van der Waals surface area contributed by atoms with Gasteiger partial charge in [0.05, 0.1) is 10.2 Å². The number of aromatic nitrogens is 2. The summed E-state index contributed by atoms with van der Waals surface area (Å²) in [5.41, 5.74) is 3.53. The normalized spacial score (nSPS) is 11.2. The summed E-state index contributed by atoms with van der Waals surface area (Å²) in [6.07, 6.45) is 3.94. The first kappa shape index (κ1) is 16.2. The molecule has 0 aliphatic carbocycles. The van der Waals surface area contributed by atoms with Crippen LogP contribution in [0.25, 0.3) is 16.9 Å². The lowest BCUT2D eigenvalue weighted by Gasteiger charge is -2.07. The van der Waals surface area contributed by atoms with E-state index >= 15 is 0 Å². The van der Waals surface area contributed by atoms with Crippen LogP contribution in [-0.2, 0) is 4.79 Å². The summed E-state index contributed by atoms with van der Waals surface area (Å²) in [6, 6.07) is 9.67. The zero-order valence-electron chi connectivity index (χ0n) is 12.7. The lowest BCUT2D eigenvalue weighted by Crippen LogP contribution is -2.17. The fourth-order valence-corrected chi connectivity index (χ4v) is 3.47. The van der Waals surface area contributed by atoms with Gasteiger partial charge in [-0.1, -0.05) is 26.0 Å². The SMILES string of the molecule is CC(C)C(=O)Nc1ccc(-c2cn3cc(Br)cc(Br)c3n2)cc1. The molecule has 3 rings (SSSR count). The first-order chi connectivity index (χ1) is 10.9. The van der Waals surface area contributed by atoms with Crippen LogP contribution >= 0.6 is 31.9 Å². The molecule has 0 aliphatic heterocycles. The molecular weight excluding hydrogens is 422 g/mol. The monoisotopic (exact) mass is 435 g/mol. The molecule has 2 aromatic heterocycles. The van der Waals surface area contributed by atoms with Gasteiger partial charge in [0.25, 0.3) is 0 Å². The minimum Gasteiger partial charge on any atom is -0.326 e. The highest BCUT2D eigenvalue weighted by molar-refractivity contribution is 9.11. The Kier molecular flexibility index (Phi) is 4.55. The zero-order valence-corrected chi connectivity index (χ0v) is 15.8. The summed E-state index contributed by atoms with van der Waals surface area (Å²) in [6.45, 7) is 3.74. The summed E-state index contributed by atoms with van der Waals surface area (Å²) in [5.74, 6) is -0.0248. The number of pyridine rings is 1. The van der Waals surface area contributed by atoms with E-state index in [9.17, 15) is 4.79 Å². The average Bonchev–Trinajstić information content (AvgIpc) is 2.92. The third kappa shape index (κ3) is 3.48. The van der Waals surface area contributed by atoms with Crippen molar-refractivity contribution >= 4 is 49.1 Å². The first-order valence-corrected chi connectivity index (χ1v) is 8.77. The molecule has 0 saturated carbocycles. The van der Waals surface area contributed by atoms with Crippen LogP contribution in [0.5, 0.6) is 0 Å². The molecule has 118 valence electrons. The predicted octanol–water partition coefficient (Wildman–Crippen LogP) is 5.12. The number of anilines is 1. The van der Waals surface area contributed by atoms with Gasteiger partial charge in [0, 0.05) is 34.0 Å². The maximum atomic E-state index is 11.7. The second-order valence-electron chi connectivity index (χ2n) is 5.58. The Balaban J connectivity index is 1.90. The minimum atomic E-state index is -0.0380. The standard InChI is InChI=1S/C17H15Br2N3O/c1-10(2)17(23)20-13-5-3-11(4-6-13)15-9-22-8-12(18)7-14(19)16(22)21-15/h3-10H,1-2H3,(H,20,23). The summed E-state index contributed by atoms with van der Waals surface area (Å²) >= 11 is 7.00. The van der Waals surface area contributed by atoms with Gasteiger partial charge in [0.1, 0.15) is 0 Å². The Hall–Kier alpha value is -1.66. The van der Waals surface area contributed by atoms with Gasteiger partial charge in [-0.3, -0.25) is 4.79 Å². The van der Waals surface area contributed by atoms with Gasteiger partial charge in [-0.15, -0.1) is 0 Å². The lowest BCUT2D eigenvalue weighted by molar-refractivity contribution is -0.118. The maximum Gasteiger partial charge on any atom is 0.226 e. The Labute approximate surface area is 151 Å². The number of nitrogens with zero attached hydrogens (tertiary/aromatic N) is 2. The van der Waals surface area contributed by atoms with Crippen molar-refractivity contribution in [2.75, 3.05) is 5.32 Å². The van der Waals surface area contributed by atoms with Crippen molar-refractivity contribution in [1.29, 1.82) is 0 Å². The minimum absolute atomic E-state index is 0.0132. The fourth-order valence-electron chi connectivity index (χ4n) is 2.17. The van der Waals surface area contributed by atoms with Gasteiger partial charge >= 0.3 is 0 Å². The fraction of sp³-hybridized carbons (Fsp3) is 0.176. The van der Waals surface area contributed by atoms with E-state index in [4.69, 9.17) is 0 Å². The van der Waals surface area contributed by atoms with E-state index in [0.717, 1.165) is 31.5 Å². The first-order valence-electron chi connectivity index (χ1n) is 7.19. The van der Waals surface area contributed by atoms with Crippen LogP contribution in [0.2, 0.25) is 0 Å². The topological polar surface area (TPSA) is 46.4 Å². The number of carbonyl (C=O) groups excluding carboxylic acids is 1. The number of rotatable bonds is 3. The number of halogens is 2. The summed E-state index contributed by atoms with van der Waals surface area (Å²) < 4.78 is 3.88. The van der Waals surface area contributed by atoms with E-state index in [2.05, 4.69) is 42.2 Å². The number of amides is 1. The van der Waals surface area contributed by atoms with Crippen LogP contribution in [0.1, 0.15) is 13.8 Å². The Morgan fingerprint density at radius 2 is 1.87 bits per heavy atom. The predicted molar refractivity (Wildman–Crippen MR) is 99.5 cm³/mol.